The van der Waals surface area contributed by atoms with Gasteiger partial charge in [0.25, 0.3) is 0 Å². The van der Waals surface area contributed by atoms with E-state index >= 15 is 0 Å². The monoisotopic (exact) mass is 852 g/mol. The number of piperidine rings is 1. The van der Waals surface area contributed by atoms with Crippen molar-refractivity contribution in [1.82, 2.24) is 45.4 Å². The van der Waals surface area contributed by atoms with E-state index in [9.17, 15) is 18.9 Å². The number of fused-ring (bicyclic) bond motifs is 1. The van der Waals surface area contributed by atoms with Gasteiger partial charge in [0.2, 0.25) is 17.8 Å². The summed E-state index contributed by atoms with van der Waals surface area (Å²) >= 11 is 0. The summed E-state index contributed by atoms with van der Waals surface area (Å²) in [7, 11) is -4.18. The van der Waals surface area contributed by atoms with E-state index in [1.807, 2.05) is 40.0 Å². The molecule has 4 heterocycles. The molecule has 8 N–H and O–H groups in total. The number of likely N-dealkylation sites (tertiary alicyclic amines) is 2. The Balaban J connectivity index is 0.917. The summed E-state index contributed by atoms with van der Waals surface area (Å²) in [6.45, 7) is 5.80. The number of amides is 2. The number of aryl methyl sites for hydroxylation is 1. The predicted molar refractivity (Wildman–Crippen MR) is 230 cm³/mol. The van der Waals surface area contributed by atoms with Crippen molar-refractivity contribution in [3.63, 3.8) is 0 Å². The Labute approximate surface area is 352 Å². The highest BCUT2D eigenvalue weighted by molar-refractivity contribution is 7.51. The number of aromatic nitrogens is 5. The molecule has 19 heteroatoms. The number of ketones is 1. The maximum Gasteiger partial charge on any atom is 0.325 e. The second kappa shape index (κ2) is 22.7. The van der Waals surface area contributed by atoms with Crippen LogP contribution < -0.4 is 27.0 Å². The Bertz CT molecular complexity index is 1900. The number of carbonyl (C=O) groups excluding carboxylic acids is 3. The number of nitrogens with two attached hydrogens (primary N) is 1. The average Bonchev–Trinajstić information content (AvgIpc) is 3.93. The van der Waals surface area contributed by atoms with E-state index in [1.165, 1.54) is 32.1 Å². The van der Waals surface area contributed by atoms with Crippen molar-refractivity contribution in [2.45, 2.75) is 134 Å². The Morgan fingerprint density at radius 1 is 0.883 bits per heavy atom. The number of para-hydroxylation sites is 1. The number of nitrogens with zero attached hydrogens (tertiary/aromatic N) is 7. The van der Waals surface area contributed by atoms with E-state index in [4.69, 9.17) is 25.5 Å². The number of hydrogen-bond acceptors (Lipinski definition) is 13. The summed E-state index contributed by atoms with van der Waals surface area (Å²) in [6, 6.07) is 7.23. The van der Waals surface area contributed by atoms with Gasteiger partial charge in [-0.1, -0.05) is 36.6 Å². The number of rotatable bonds is 23. The Kier molecular flexibility index (Phi) is 17.2. The summed E-state index contributed by atoms with van der Waals surface area (Å²) in [5.41, 5.74) is 7.61. The van der Waals surface area contributed by atoms with Crippen molar-refractivity contribution < 1.29 is 28.7 Å². The van der Waals surface area contributed by atoms with Crippen molar-refractivity contribution in [2.75, 3.05) is 56.1 Å². The number of nitrogens with one attached hydrogen (secondary N) is 4. The molecule has 0 radical (unpaired) electrons. The number of carbonyl (C=O) groups is 3. The molecule has 2 saturated heterocycles. The van der Waals surface area contributed by atoms with Gasteiger partial charge in [-0.05, 0) is 96.0 Å². The van der Waals surface area contributed by atoms with Crippen molar-refractivity contribution in [1.29, 1.82) is 0 Å². The van der Waals surface area contributed by atoms with Gasteiger partial charge in [-0.3, -0.25) is 23.6 Å². The third-order valence-corrected chi connectivity index (χ3v) is 12.8. The van der Waals surface area contributed by atoms with Gasteiger partial charge < -0.3 is 46.6 Å². The molecule has 0 spiro atoms. The molecule has 3 aliphatic rings. The zero-order chi connectivity index (χ0) is 42.3. The number of Topliss-reactive ketones (excluding diaryl/α,β-unsaturated/α-hetero) is 1. The minimum absolute atomic E-state index is 0.0295. The van der Waals surface area contributed by atoms with Crippen LogP contribution in [0.1, 0.15) is 102 Å². The standard InChI is InChI=1S/C41H65N12O6P/c42-34(37(54)15-7-27-60(57,58)59)16-17-38(55)53-24-6-14-36(53)40(56)51-25-18-31(19-26-51)46-39-33-12-4-5-13-35(33)47-41(48-39)45-28-32-29-52(50-49-32)23-9-21-43-20-8-22-44-30-10-2-1-3-11-30/h4-5,12-13,29-31,34,36,43-44H,1-3,6-11,14-28,42H2,(H2,57,58,59)(H2,45,46,47,48)/t34-,36-/m1/s1. The minimum Gasteiger partial charge on any atom is -0.367 e. The van der Waals surface area contributed by atoms with E-state index in [0.29, 0.717) is 57.4 Å². The Hall–Kier alpha value is -4.06. The van der Waals surface area contributed by atoms with E-state index in [1.54, 1.807) is 4.90 Å². The van der Waals surface area contributed by atoms with Crippen LogP contribution >= 0.6 is 7.60 Å². The molecule has 3 aromatic rings. The molecule has 0 bridgehead atoms. The van der Waals surface area contributed by atoms with Crippen molar-refractivity contribution in [3.05, 3.63) is 36.2 Å². The lowest BCUT2D eigenvalue weighted by atomic mass is 9.95. The molecule has 1 saturated carbocycles. The quantitative estimate of drug-likeness (QED) is 0.0535. The normalized spacial score (nSPS) is 18.6. The molecule has 2 aromatic heterocycles. The highest BCUT2D eigenvalue weighted by atomic mass is 31.2. The molecule has 18 nitrogen and oxygen atoms in total. The summed E-state index contributed by atoms with van der Waals surface area (Å²) in [6.07, 6.45) is 13.3. The largest absolute Gasteiger partial charge is 0.367 e. The zero-order valence-corrected chi connectivity index (χ0v) is 35.7. The van der Waals surface area contributed by atoms with E-state index in [2.05, 4.69) is 31.6 Å². The fourth-order valence-electron chi connectivity index (χ4n) is 8.48. The van der Waals surface area contributed by atoms with Gasteiger partial charge in [-0.25, -0.2) is 4.98 Å². The highest BCUT2D eigenvalue weighted by Gasteiger charge is 2.37. The first-order valence-corrected chi connectivity index (χ1v) is 23.8. The molecule has 1 aliphatic carbocycles. The summed E-state index contributed by atoms with van der Waals surface area (Å²) in [5.74, 6) is 0.605. The zero-order valence-electron chi connectivity index (χ0n) is 34.8. The SMILES string of the molecule is N[C@H](CCC(=O)N1CCC[C@@H]1C(=O)N1CCC(Nc2nc(NCc3cn(CCCNCCCNC4CCCCC4)nn3)nc3ccccc23)CC1)C(=O)CCCP(=O)(O)O. The van der Waals surface area contributed by atoms with Gasteiger partial charge in [-0.15, -0.1) is 5.10 Å². The molecule has 6 rings (SSSR count). The molecular formula is C41H65N12O6P. The van der Waals surface area contributed by atoms with Crippen LogP contribution in [0.2, 0.25) is 0 Å². The summed E-state index contributed by atoms with van der Waals surface area (Å²) < 4.78 is 12.9. The van der Waals surface area contributed by atoms with Crippen LogP contribution in [0.4, 0.5) is 11.8 Å². The lowest BCUT2D eigenvalue weighted by Gasteiger charge is -2.36. The first-order chi connectivity index (χ1) is 29.0. The molecule has 2 amide bonds. The Morgan fingerprint density at radius 3 is 2.47 bits per heavy atom. The minimum atomic E-state index is -4.18. The fraction of sp³-hybridized carbons (Fsp3) is 0.683. The summed E-state index contributed by atoms with van der Waals surface area (Å²) in [5, 5.41) is 23.8. The molecule has 2 atom stereocenters. The van der Waals surface area contributed by atoms with Crippen LogP contribution in [-0.2, 0) is 32.0 Å². The second-order valence-corrected chi connectivity index (χ2v) is 18.4. The van der Waals surface area contributed by atoms with Gasteiger partial charge in [0.15, 0.2) is 0 Å². The Morgan fingerprint density at radius 2 is 1.67 bits per heavy atom. The van der Waals surface area contributed by atoms with Gasteiger partial charge >= 0.3 is 7.60 Å². The molecular weight excluding hydrogens is 788 g/mol. The molecule has 1 aromatic carbocycles. The number of anilines is 2. The third kappa shape index (κ3) is 14.0. The summed E-state index contributed by atoms with van der Waals surface area (Å²) in [4.78, 5) is 70.4. The van der Waals surface area contributed by atoms with Crippen LogP contribution in [0.5, 0.6) is 0 Å². The molecule has 0 unspecified atom stereocenters. The maximum atomic E-state index is 13.7. The van der Waals surface area contributed by atoms with E-state index in [0.717, 1.165) is 67.9 Å². The fourth-order valence-corrected chi connectivity index (χ4v) is 9.05. The molecule has 330 valence electrons. The molecule has 3 fully saturated rings. The van der Waals surface area contributed by atoms with Crippen LogP contribution in [0.3, 0.4) is 0 Å². The topological polar surface area (TPSA) is 246 Å². The average molecular weight is 853 g/mol. The van der Waals surface area contributed by atoms with Crippen LogP contribution in [0, 0.1) is 0 Å². The van der Waals surface area contributed by atoms with Gasteiger partial charge in [0.05, 0.1) is 30.5 Å². The maximum absolute atomic E-state index is 13.7. The molecule has 2 aliphatic heterocycles. The van der Waals surface area contributed by atoms with Crippen molar-refractivity contribution >= 4 is 47.9 Å². The highest BCUT2D eigenvalue weighted by Crippen LogP contribution is 2.35. The predicted octanol–water partition coefficient (Wildman–Crippen LogP) is 3.15. The molecule has 60 heavy (non-hydrogen) atoms. The van der Waals surface area contributed by atoms with E-state index < -0.39 is 19.7 Å². The lowest BCUT2D eigenvalue weighted by molar-refractivity contribution is -0.144. The second-order valence-electron chi connectivity index (χ2n) is 16.6. The van der Waals surface area contributed by atoms with Crippen LogP contribution in [0.15, 0.2) is 30.5 Å². The lowest BCUT2D eigenvalue weighted by Crippen LogP contribution is -2.51. The van der Waals surface area contributed by atoms with Gasteiger partial charge in [0, 0.05) is 56.5 Å². The number of benzene rings is 1. The van der Waals surface area contributed by atoms with Gasteiger partial charge in [-0.2, -0.15) is 4.98 Å². The van der Waals surface area contributed by atoms with Gasteiger partial charge in [0.1, 0.15) is 23.3 Å². The van der Waals surface area contributed by atoms with Crippen molar-refractivity contribution in [2.24, 2.45) is 5.73 Å². The first kappa shape index (κ1) is 45.5. The first-order valence-electron chi connectivity index (χ1n) is 22.0. The third-order valence-electron chi connectivity index (χ3n) is 11.9. The number of hydrogen-bond donors (Lipinski definition) is 7. The smallest absolute Gasteiger partial charge is 0.325 e. The van der Waals surface area contributed by atoms with Crippen molar-refractivity contribution in [3.8, 4) is 0 Å². The van der Waals surface area contributed by atoms with E-state index in [-0.39, 0.29) is 55.5 Å². The van der Waals surface area contributed by atoms with Crippen LogP contribution in [-0.4, -0.2) is 132 Å². The van der Waals surface area contributed by atoms with Crippen LogP contribution in [0.25, 0.3) is 10.9 Å².